The van der Waals surface area contributed by atoms with Crippen LogP contribution in [-0.4, -0.2) is 23.5 Å². The third-order valence-corrected chi connectivity index (χ3v) is 5.59. The Morgan fingerprint density at radius 2 is 2.10 bits per heavy atom. The molecule has 0 aliphatic rings. The first kappa shape index (κ1) is 20.8. The molecule has 0 fully saturated rings. The number of esters is 1. The number of anilines is 1. The van der Waals surface area contributed by atoms with E-state index in [1.807, 2.05) is 29.6 Å². The van der Waals surface area contributed by atoms with Crippen molar-refractivity contribution in [2.75, 3.05) is 11.9 Å². The standard InChI is InChI=1S/C23H21N3O4S/c1-2-29-19(27)12-17-7-9-31-23(17)26-22(28)18-11-16-6-8-30-21(16)20(25-18)15-5-3-4-14(10-15)13-24/h3-11H,2,12-13,24H2,1H3,(H,26,28). The number of carbonyl (C=O) groups excluding carboxylic acids is 2. The van der Waals surface area contributed by atoms with Gasteiger partial charge in [-0.3, -0.25) is 9.59 Å². The number of hydrogen-bond acceptors (Lipinski definition) is 7. The Kier molecular flexibility index (Phi) is 6.11. The molecule has 3 heterocycles. The number of ether oxygens (including phenoxy) is 1. The third-order valence-electron chi connectivity index (χ3n) is 4.72. The first-order valence-corrected chi connectivity index (χ1v) is 10.7. The van der Waals surface area contributed by atoms with Crippen LogP contribution in [0.5, 0.6) is 0 Å². The highest BCUT2D eigenvalue weighted by atomic mass is 32.1. The van der Waals surface area contributed by atoms with E-state index in [2.05, 4.69) is 10.3 Å². The molecule has 0 bridgehead atoms. The first-order chi connectivity index (χ1) is 15.1. The predicted molar refractivity (Wildman–Crippen MR) is 120 cm³/mol. The van der Waals surface area contributed by atoms with Crippen LogP contribution in [0.2, 0.25) is 0 Å². The first-order valence-electron chi connectivity index (χ1n) is 9.80. The van der Waals surface area contributed by atoms with Gasteiger partial charge in [-0.1, -0.05) is 18.2 Å². The van der Waals surface area contributed by atoms with Gasteiger partial charge >= 0.3 is 5.97 Å². The van der Waals surface area contributed by atoms with E-state index in [4.69, 9.17) is 14.9 Å². The summed E-state index contributed by atoms with van der Waals surface area (Å²) in [5, 5.41) is 6.06. The SMILES string of the molecule is CCOC(=O)Cc1ccsc1NC(=O)c1cc2ccoc2c(-c2cccc(CN)c2)n1. The molecule has 0 saturated carbocycles. The molecular weight excluding hydrogens is 414 g/mol. The number of hydrogen-bond donors (Lipinski definition) is 2. The summed E-state index contributed by atoms with van der Waals surface area (Å²) < 4.78 is 10.6. The van der Waals surface area contributed by atoms with Crippen LogP contribution < -0.4 is 11.1 Å². The number of pyridine rings is 1. The van der Waals surface area contributed by atoms with Crippen LogP contribution in [-0.2, 0) is 22.5 Å². The lowest BCUT2D eigenvalue weighted by Gasteiger charge is -2.09. The molecule has 3 N–H and O–H groups in total. The number of nitrogens with one attached hydrogen (secondary N) is 1. The fourth-order valence-electron chi connectivity index (χ4n) is 3.25. The van der Waals surface area contributed by atoms with E-state index in [0.717, 1.165) is 16.5 Å². The molecule has 158 valence electrons. The topological polar surface area (TPSA) is 107 Å². The van der Waals surface area contributed by atoms with E-state index in [9.17, 15) is 9.59 Å². The van der Waals surface area contributed by atoms with Crippen molar-refractivity contribution in [3.8, 4) is 11.3 Å². The molecule has 31 heavy (non-hydrogen) atoms. The van der Waals surface area contributed by atoms with Crippen LogP contribution >= 0.6 is 11.3 Å². The van der Waals surface area contributed by atoms with Gasteiger partial charge < -0.3 is 20.2 Å². The van der Waals surface area contributed by atoms with Crippen LogP contribution in [0.3, 0.4) is 0 Å². The molecular formula is C23H21N3O4S. The second kappa shape index (κ2) is 9.11. The third kappa shape index (κ3) is 4.50. The van der Waals surface area contributed by atoms with Gasteiger partial charge in [-0.25, -0.2) is 4.98 Å². The minimum Gasteiger partial charge on any atom is -0.466 e. The van der Waals surface area contributed by atoms with Gasteiger partial charge in [-0.15, -0.1) is 11.3 Å². The number of furan rings is 1. The average Bonchev–Trinajstić information content (AvgIpc) is 3.42. The molecule has 0 atom stereocenters. The lowest BCUT2D eigenvalue weighted by Crippen LogP contribution is -2.15. The van der Waals surface area contributed by atoms with Gasteiger partial charge in [0.25, 0.3) is 5.91 Å². The monoisotopic (exact) mass is 435 g/mol. The lowest BCUT2D eigenvalue weighted by atomic mass is 10.1. The zero-order valence-corrected chi connectivity index (χ0v) is 17.7. The fraction of sp³-hybridized carbons (Fsp3) is 0.174. The van der Waals surface area contributed by atoms with Gasteiger partial charge in [0, 0.05) is 17.5 Å². The zero-order valence-electron chi connectivity index (χ0n) is 16.9. The molecule has 3 aromatic heterocycles. The van der Waals surface area contributed by atoms with Gasteiger partial charge in [-0.05, 0) is 47.7 Å². The molecule has 0 spiro atoms. The summed E-state index contributed by atoms with van der Waals surface area (Å²) in [7, 11) is 0. The lowest BCUT2D eigenvalue weighted by molar-refractivity contribution is -0.142. The van der Waals surface area contributed by atoms with Gasteiger partial charge in [0.15, 0.2) is 5.58 Å². The van der Waals surface area contributed by atoms with Crippen LogP contribution in [0.25, 0.3) is 22.2 Å². The molecule has 4 rings (SSSR count). The summed E-state index contributed by atoms with van der Waals surface area (Å²) in [6.45, 7) is 2.47. The number of nitrogens with two attached hydrogens (primary N) is 1. The van der Waals surface area contributed by atoms with Crippen molar-refractivity contribution in [1.29, 1.82) is 0 Å². The maximum atomic E-state index is 13.0. The largest absolute Gasteiger partial charge is 0.466 e. The highest BCUT2D eigenvalue weighted by molar-refractivity contribution is 7.14. The van der Waals surface area contributed by atoms with Crippen molar-refractivity contribution >= 4 is 39.2 Å². The molecule has 0 saturated heterocycles. The Labute approximate surface area is 182 Å². The maximum Gasteiger partial charge on any atom is 0.310 e. The summed E-state index contributed by atoms with van der Waals surface area (Å²) in [6.07, 6.45) is 1.67. The number of carbonyl (C=O) groups is 2. The number of rotatable bonds is 7. The Morgan fingerprint density at radius 3 is 2.90 bits per heavy atom. The Balaban J connectivity index is 1.66. The molecule has 1 aromatic carbocycles. The van der Waals surface area contributed by atoms with Crippen molar-refractivity contribution in [2.24, 2.45) is 5.73 Å². The van der Waals surface area contributed by atoms with E-state index >= 15 is 0 Å². The summed E-state index contributed by atoms with van der Waals surface area (Å²) in [5.41, 5.74) is 9.67. The number of fused-ring (bicyclic) bond motifs is 1. The van der Waals surface area contributed by atoms with Crippen LogP contribution in [0.4, 0.5) is 5.00 Å². The fourth-order valence-corrected chi connectivity index (χ4v) is 4.06. The summed E-state index contributed by atoms with van der Waals surface area (Å²) >= 11 is 1.34. The molecule has 0 aliphatic carbocycles. The maximum absolute atomic E-state index is 13.0. The molecule has 7 nitrogen and oxygen atoms in total. The second-order valence-corrected chi connectivity index (χ2v) is 7.73. The Morgan fingerprint density at radius 1 is 1.23 bits per heavy atom. The normalized spacial score (nSPS) is 10.9. The van der Waals surface area contributed by atoms with Crippen molar-refractivity contribution in [3.63, 3.8) is 0 Å². The van der Waals surface area contributed by atoms with Crippen LogP contribution in [0, 0.1) is 0 Å². The summed E-state index contributed by atoms with van der Waals surface area (Å²) in [4.78, 5) is 29.4. The molecule has 8 heteroatoms. The molecule has 4 aromatic rings. The molecule has 1 amide bonds. The van der Waals surface area contributed by atoms with Crippen molar-refractivity contribution in [2.45, 2.75) is 19.9 Å². The van der Waals surface area contributed by atoms with Crippen molar-refractivity contribution < 1.29 is 18.7 Å². The van der Waals surface area contributed by atoms with Gasteiger partial charge in [0.05, 0.1) is 24.3 Å². The number of benzene rings is 1. The van der Waals surface area contributed by atoms with Crippen LogP contribution in [0.15, 0.2) is 58.5 Å². The summed E-state index contributed by atoms with van der Waals surface area (Å²) in [6, 6.07) is 12.9. The summed E-state index contributed by atoms with van der Waals surface area (Å²) in [5.74, 6) is -0.705. The van der Waals surface area contributed by atoms with Crippen LogP contribution in [0.1, 0.15) is 28.5 Å². The van der Waals surface area contributed by atoms with Crippen molar-refractivity contribution in [3.05, 3.63) is 70.9 Å². The highest BCUT2D eigenvalue weighted by Gasteiger charge is 2.18. The van der Waals surface area contributed by atoms with E-state index in [1.54, 1.807) is 31.4 Å². The second-order valence-electron chi connectivity index (χ2n) is 6.81. The number of aromatic nitrogens is 1. The van der Waals surface area contributed by atoms with Crippen molar-refractivity contribution in [1.82, 2.24) is 4.98 Å². The van der Waals surface area contributed by atoms with E-state index < -0.39 is 0 Å². The van der Waals surface area contributed by atoms with E-state index in [1.165, 1.54) is 11.3 Å². The van der Waals surface area contributed by atoms with Gasteiger partial charge in [0.2, 0.25) is 0 Å². The van der Waals surface area contributed by atoms with E-state index in [-0.39, 0.29) is 24.0 Å². The Bertz CT molecular complexity index is 1240. The van der Waals surface area contributed by atoms with E-state index in [0.29, 0.717) is 35.0 Å². The average molecular weight is 436 g/mol. The molecule has 0 radical (unpaired) electrons. The minimum atomic E-state index is -0.369. The predicted octanol–water partition coefficient (Wildman–Crippen LogP) is 4.37. The van der Waals surface area contributed by atoms with Gasteiger partial charge in [-0.2, -0.15) is 0 Å². The minimum absolute atomic E-state index is 0.0955. The number of nitrogens with zero attached hydrogens (tertiary/aromatic N) is 1. The van der Waals surface area contributed by atoms with Gasteiger partial charge in [0.1, 0.15) is 11.4 Å². The zero-order chi connectivity index (χ0) is 21.8. The quantitative estimate of drug-likeness (QED) is 0.417. The molecule has 0 aliphatic heterocycles. The number of thiophene rings is 1. The number of amides is 1. The smallest absolute Gasteiger partial charge is 0.310 e. The highest BCUT2D eigenvalue weighted by Crippen LogP contribution is 2.30. The Hall–Kier alpha value is -3.49. The molecule has 0 unspecified atom stereocenters.